The predicted molar refractivity (Wildman–Crippen MR) is 135 cm³/mol. The summed E-state index contributed by atoms with van der Waals surface area (Å²) in [4.78, 5) is 43.4. The van der Waals surface area contributed by atoms with E-state index in [1.807, 2.05) is 42.2 Å². The normalized spacial score (nSPS) is 22.8. The molecule has 2 heterocycles. The van der Waals surface area contributed by atoms with Crippen LogP contribution in [-0.4, -0.2) is 76.6 Å². The first kappa shape index (κ1) is 25.0. The largest absolute Gasteiger partial charge is 0.337 e. The predicted octanol–water partition coefficient (Wildman–Crippen LogP) is 3.28. The number of nitrogens with one attached hydrogen (secondary N) is 1. The second-order valence-electron chi connectivity index (χ2n) is 9.57. The van der Waals surface area contributed by atoms with Crippen LogP contribution in [0.2, 0.25) is 0 Å². The number of piperazine rings is 1. The van der Waals surface area contributed by atoms with Crippen molar-refractivity contribution >= 4 is 17.8 Å². The molecule has 0 radical (unpaired) electrons. The molecule has 8 nitrogen and oxygen atoms in total. The van der Waals surface area contributed by atoms with Crippen molar-refractivity contribution in [3.8, 4) is 0 Å². The van der Waals surface area contributed by atoms with Crippen LogP contribution in [0, 0.1) is 0 Å². The van der Waals surface area contributed by atoms with Gasteiger partial charge >= 0.3 is 6.03 Å². The Labute approximate surface area is 208 Å². The summed E-state index contributed by atoms with van der Waals surface area (Å²) in [7, 11) is 1.76. The summed E-state index contributed by atoms with van der Waals surface area (Å²) in [6, 6.07) is 8.96. The molecule has 0 bridgehead atoms. The summed E-state index contributed by atoms with van der Waals surface area (Å²) in [5.74, 6) is -0.0987. The lowest BCUT2D eigenvalue weighted by molar-refractivity contribution is -0.187. The summed E-state index contributed by atoms with van der Waals surface area (Å²) in [6.45, 7) is 3.45. The summed E-state index contributed by atoms with van der Waals surface area (Å²) in [6.07, 6.45) is 11.3. The van der Waals surface area contributed by atoms with Crippen molar-refractivity contribution in [1.29, 1.82) is 0 Å². The van der Waals surface area contributed by atoms with Gasteiger partial charge in [-0.1, -0.05) is 67.5 Å². The molecular weight excluding hydrogens is 442 g/mol. The van der Waals surface area contributed by atoms with Crippen LogP contribution in [0.25, 0.3) is 0 Å². The Balaban J connectivity index is 1.49. The van der Waals surface area contributed by atoms with E-state index >= 15 is 0 Å². The lowest BCUT2D eigenvalue weighted by atomic mass is 9.99. The summed E-state index contributed by atoms with van der Waals surface area (Å²) >= 11 is 0. The zero-order chi connectivity index (χ0) is 24.8. The number of likely N-dealkylation sites (N-methyl/N-ethyl adjacent to an activating group) is 1. The fourth-order valence-corrected chi connectivity index (χ4v) is 5.27. The Morgan fingerprint density at radius 2 is 1.97 bits per heavy atom. The van der Waals surface area contributed by atoms with E-state index in [1.54, 1.807) is 22.0 Å². The molecule has 35 heavy (non-hydrogen) atoms. The van der Waals surface area contributed by atoms with Gasteiger partial charge in [-0.25, -0.2) is 14.8 Å². The molecule has 2 saturated heterocycles. The number of rotatable bonds is 8. The Morgan fingerprint density at radius 1 is 1.17 bits per heavy atom. The SMILES string of the molecule is CCC[C@H]1C(=O)N(CCCC2=CC=CCC2)CC2N1C(=O)CN(C)N2C(=O)NCc1ccccc1. The molecule has 4 rings (SSSR count). The fourth-order valence-electron chi connectivity index (χ4n) is 5.27. The van der Waals surface area contributed by atoms with E-state index in [0.29, 0.717) is 26.1 Å². The highest BCUT2D eigenvalue weighted by atomic mass is 16.2. The number of benzene rings is 1. The maximum absolute atomic E-state index is 13.4. The van der Waals surface area contributed by atoms with E-state index in [9.17, 15) is 14.4 Å². The third kappa shape index (κ3) is 5.75. The molecule has 0 saturated carbocycles. The molecule has 8 heteroatoms. The molecule has 2 aliphatic heterocycles. The van der Waals surface area contributed by atoms with Gasteiger partial charge in [-0.05, 0) is 37.7 Å². The number of allylic oxidation sites excluding steroid dienone is 4. The van der Waals surface area contributed by atoms with Gasteiger partial charge in [0.2, 0.25) is 11.8 Å². The Hall–Kier alpha value is -3.13. The van der Waals surface area contributed by atoms with Gasteiger partial charge in [0, 0.05) is 20.1 Å². The second kappa shape index (κ2) is 11.5. The first-order chi connectivity index (χ1) is 17.0. The van der Waals surface area contributed by atoms with E-state index in [1.165, 1.54) is 5.57 Å². The van der Waals surface area contributed by atoms with Crippen LogP contribution in [0.15, 0.2) is 54.1 Å². The van der Waals surface area contributed by atoms with Gasteiger partial charge in [-0.2, -0.15) is 0 Å². The van der Waals surface area contributed by atoms with Crippen molar-refractivity contribution in [2.24, 2.45) is 0 Å². The quantitative estimate of drug-likeness (QED) is 0.621. The van der Waals surface area contributed by atoms with E-state index < -0.39 is 12.2 Å². The number of urea groups is 1. The lowest BCUT2D eigenvalue weighted by Crippen LogP contribution is -2.75. The third-order valence-electron chi connectivity index (χ3n) is 7.02. The van der Waals surface area contributed by atoms with E-state index in [-0.39, 0.29) is 24.4 Å². The minimum absolute atomic E-state index is 0.00293. The highest BCUT2D eigenvalue weighted by Gasteiger charge is 2.50. The average molecular weight is 480 g/mol. The van der Waals surface area contributed by atoms with Crippen LogP contribution in [0.4, 0.5) is 4.79 Å². The molecule has 1 aliphatic carbocycles. The van der Waals surface area contributed by atoms with Crippen LogP contribution >= 0.6 is 0 Å². The van der Waals surface area contributed by atoms with Crippen LogP contribution in [0.5, 0.6) is 0 Å². The van der Waals surface area contributed by atoms with Gasteiger partial charge < -0.3 is 15.1 Å². The summed E-state index contributed by atoms with van der Waals surface area (Å²) in [5, 5.41) is 6.30. The van der Waals surface area contributed by atoms with Crippen LogP contribution in [0.1, 0.15) is 51.0 Å². The number of hydrogen-bond donors (Lipinski definition) is 1. The standard InChI is InChI=1S/C27H37N5O3/c1-3-11-23-26(34)30(17-10-16-21-12-6-4-7-13-21)19-24-31(23)25(33)20-29(2)32(24)27(35)28-18-22-14-8-5-9-15-22/h4-6,8-9,12,14-15,23-24H,3,7,10-11,13,16-20H2,1-2H3,(H,28,35)/t23-,24?/m0/s1. The number of hydrazine groups is 1. The maximum Gasteiger partial charge on any atom is 0.334 e. The van der Waals surface area contributed by atoms with Crippen molar-refractivity contribution in [2.75, 3.05) is 26.7 Å². The van der Waals surface area contributed by atoms with Gasteiger partial charge in [0.1, 0.15) is 12.2 Å². The van der Waals surface area contributed by atoms with Crippen molar-refractivity contribution < 1.29 is 14.4 Å². The van der Waals surface area contributed by atoms with Gasteiger partial charge in [0.15, 0.2) is 0 Å². The fraction of sp³-hybridized carbons (Fsp3) is 0.519. The number of amides is 4. The first-order valence-electron chi connectivity index (χ1n) is 12.8. The first-order valence-corrected chi connectivity index (χ1v) is 12.8. The molecule has 0 spiro atoms. The second-order valence-corrected chi connectivity index (χ2v) is 9.57. The van der Waals surface area contributed by atoms with Crippen molar-refractivity contribution in [3.05, 3.63) is 59.7 Å². The monoisotopic (exact) mass is 479 g/mol. The number of carbonyl (C=O) groups is 3. The maximum atomic E-state index is 13.4. The molecule has 2 atom stereocenters. The van der Waals surface area contributed by atoms with Gasteiger partial charge in [-0.3, -0.25) is 9.59 Å². The lowest BCUT2D eigenvalue weighted by Gasteiger charge is -2.54. The average Bonchev–Trinajstić information content (AvgIpc) is 2.86. The molecule has 1 aromatic carbocycles. The molecule has 3 aliphatic rings. The van der Waals surface area contributed by atoms with Crippen LogP contribution < -0.4 is 5.32 Å². The van der Waals surface area contributed by atoms with Crippen molar-refractivity contribution in [2.45, 2.75) is 64.2 Å². The van der Waals surface area contributed by atoms with Crippen LogP contribution in [0.3, 0.4) is 0 Å². The molecule has 0 aromatic heterocycles. The van der Waals surface area contributed by atoms with E-state index in [0.717, 1.165) is 37.7 Å². The Kier molecular flexibility index (Phi) is 8.23. The number of carbonyl (C=O) groups excluding carboxylic acids is 3. The molecule has 2 fully saturated rings. The summed E-state index contributed by atoms with van der Waals surface area (Å²) in [5.41, 5.74) is 2.42. The highest BCUT2D eigenvalue weighted by Crippen LogP contribution is 2.28. The Morgan fingerprint density at radius 3 is 2.69 bits per heavy atom. The third-order valence-corrected chi connectivity index (χ3v) is 7.02. The number of nitrogens with zero attached hydrogens (tertiary/aromatic N) is 4. The minimum Gasteiger partial charge on any atom is -0.337 e. The molecule has 1 aromatic rings. The zero-order valence-electron chi connectivity index (χ0n) is 20.9. The summed E-state index contributed by atoms with van der Waals surface area (Å²) < 4.78 is 0. The topological polar surface area (TPSA) is 76.2 Å². The van der Waals surface area contributed by atoms with Gasteiger partial charge in [0.25, 0.3) is 0 Å². The van der Waals surface area contributed by atoms with Gasteiger partial charge in [-0.15, -0.1) is 0 Å². The van der Waals surface area contributed by atoms with E-state index in [4.69, 9.17) is 0 Å². The van der Waals surface area contributed by atoms with Crippen molar-refractivity contribution in [3.63, 3.8) is 0 Å². The minimum atomic E-state index is -0.527. The van der Waals surface area contributed by atoms with Crippen molar-refractivity contribution in [1.82, 2.24) is 25.1 Å². The van der Waals surface area contributed by atoms with E-state index in [2.05, 4.69) is 23.5 Å². The molecular formula is C27H37N5O3. The zero-order valence-corrected chi connectivity index (χ0v) is 20.9. The highest BCUT2D eigenvalue weighted by molar-refractivity contribution is 5.91. The molecule has 1 N–H and O–H groups in total. The van der Waals surface area contributed by atoms with Crippen LogP contribution in [-0.2, 0) is 16.1 Å². The molecule has 1 unspecified atom stereocenters. The van der Waals surface area contributed by atoms with Gasteiger partial charge in [0.05, 0.1) is 13.1 Å². The molecule has 4 amide bonds. The Bertz CT molecular complexity index is 976. The number of fused-ring (bicyclic) bond motifs is 1. The number of hydrogen-bond acceptors (Lipinski definition) is 4. The smallest absolute Gasteiger partial charge is 0.334 e. The molecule has 188 valence electrons.